The molecule has 1 aliphatic rings. The molecule has 162 valence electrons. The van der Waals surface area contributed by atoms with E-state index in [0.717, 1.165) is 10.2 Å². The Morgan fingerprint density at radius 2 is 1.81 bits per heavy atom. The second kappa shape index (κ2) is 9.16. The van der Waals surface area contributed by atoms with Crippen LogP contribution in [0.25, 0.3) is 10.2 Å². The minimum Gasteiger partial charge on any atom is -0.339 e. The summed E-state index contributed by atoms with van der Waals surface area (Å²) in [5.74, 6) is -0.230. The molecule has 0 unspecified atom stereocenters. The first-order valence-electron chi connectivity index (χ1n) is 9.49. The predicted molar refractivity (Wildman–Crippen MR) is 122 cm³/mol. The normalized spacial score (nSPS) is 14.0. The quantitative estimate of drug-likeness (QED) is 0.598. The number of hydrogen-bond donors (Lipinski definition) is 2. The number of rotatable bonds is 4. The Morgan fingerprint density at radius 1 is 1.06 bits per heavy atom. The number of nitrogens with one attached hydrogen (secondary N) is 2. The van der Waals surface area contributed by atoms with E-state index >= 15 is 0 Å². The zero-order chi connectivity index (χ0) is 22.0. The van der Waals surface area contributed by atoms with E-state index in [1.165, 1.54) is 29.6 Å². The highest BCUT2D eigenvalue weighted by Gasteiger charge is 2.23. The van der Waals surface area contributed by atoms with Gasteiger partial charge in [-0.25, -0.2) is 14.8 Å². The Hall–Kier alpha value is -2.76. The average Bonchev–Trinajstić information content (AvgIpc) is 3.33. The van der Waals surface area contributed by atoms with Crippen LogP contribution in [0.5, 0.6) is 0 Å². The van der Waals surface area contributed by atoms with Crippen LogP contribution in [0.1, 0.15) is 12.6 Å². The van der Waals surface area contributed by atoms with Crippen LogP contribution < -0.4 is 10.6 Å². The highest BCUT2D eigenvalue weighted by atomic mass is 35.5. The molecular formula is C19H19ClN6O3S2. The van der Waals surface area contributed by atoms with Gasteiger partial charge < -0.3 is 15.1 Å². The van der Waals surface area contributed by atoms with Crippen molar-refractivity contribution in [3.63, 3.8) is 0 Å². The van der Waals surface area contributed by atoms with Crippen LogP contribution in [0.15, 0.2) is 23.6 Å². The maximum atomic E-state index is 12.4. The van der Waals surface area contributed by atoms with Crippen molar-refractivity contribution in [2.24, 2.45) is 0 Å². The summed E-state index contributed by atoms with van der Waals surface area (Å²) in [5.41, 5.74) is 1.33. The van der Waals surface area contributed by atoms with E-state index in [4.69, 9.17) is 11.6 Å². The van der Waals surface area contributed by atoms with Crippen LogP contribution in [0.3, 0.4) is 0 Å². The van der Waals surface area contributed by atoms with Crippen LogP contribution in [-0.4, -0.2) is 63.8 Å². The number of benzene rings is 1. The van der Waals surface area contributed by atoms with Gasteiger partial charge in [0.15, 0.2) is 10.3 Å². The summed E-state index contributed by atoms with van der Waals surface area (Å²) in [5, 5.41) is 8.81. The smallest absolute Gasteiger partial charge is 0.323 e. The van der Waals surface area contributed by atoms with E-state index in [1.54, 1.807) is 33.4 Å². The standard InChI is InChI=1S/C19H19ClN6O3S2/c1-11(27)25-4-6-26(7-5-25)19(29)24-17-21-13(10-30-17)9-16(28)23-18-22-14-3-2-12(20)8-15(14)31-18/h2-3,8,10H,4-7,9H2,1H3,(H,21,24,29)(H,22,23,28). The van der Waals surface area contributed by atoms with Crippen LogP contribution >= 0.6 is 34.3 Å². The summed E-state index contributed by atoms with van der Waals surface area (Å²) in [7, 11) is 0. The van der Waals surface area contributed by atoms with Gasteiger partial charge in [-0.3, -0.25) is 14.9 Å². The van der Waals surface area contributed by atoms with Gasteiger partial charge in [0.2, 0.25) is 11.8 Å². The number of amides is 4. The molecule has 0 atom stereocenters. The number of piperazine rings is 1. The largest absolute Gasteiger partial charge is 0.339 e. The lowest BCUT2D eigenvalue weighted by Gasteiger charge is -2.33. The maximum Gasteiger partial charge on any atom is 0.323 e. The van der Waals surface area contributed by atoms with E-state index in [2.05, 4.69) is 20.6 Å². The summed E-state index contributed by atoms with van der Waals surface area (Å²) in [4.78, 5) is 48.2. The molecule has 0 aliphatic carbocycles. The molecule has 0 bridgehead atoms. The van der Waals surface area contributed by atoms with E-state index in [0.29, 0.717) is 47.2 Å². The third-order valence-corrected chi connectivity index (χ3v) is 6.69. The van der Waals surface area contributed by atoms with Crippen molar-refractivity contribution < 1.29 is 14.4 Å². The SMILES string of the molecule is CC(=O)N1CCN(C(=O)Nc2nc(CC(=O)Nc3nc4ccc(Cl)cc4s3)cs2)CC1. The van der Waals surface area contributed by atoms with Crippen molar-refractivity contribution in [2.75, 3.05) is 36.8 Å². The molecule has 31 heavy (non-hydrogen) atoms. The molecule has 1 saturated heterocycles. The molecular weight excluding hydrogens is 460 g/mol. The number of urea groups is 1. The van der Waals surface area contributed by atoms with Gasteiger partial charge in [0.05, 0.1) is 22.3 Å². The lowest BCUT2D eigenvalue weighted by atomic mass is 10.3. The first-order chi connectivity index (χ1) is 14.9. The van der Waals surface area contributed by atoms with Gasteiger partial charge in [0.1, 0.15) is 0 Å². The van der Waals surface area contributed by atoms with Crippen molar-refractivity contribution in [3.05, 3.63) is 34.3 Å². The lowest BCUT2D eigenvalue weighted by molar-refractivity contribution is -0.130. The van der Waals surface area contributed by atoms with Crippen LogP contribution in [0.4, 0.5) is 15.1 Å². The Morgan fingerprint density at radius 3 is 2.55 bits per heavy atom. The van der Waals surface area contributed by atoms with Gasteiger partial charge in [-0.2, -0.15) is 0 Å². The van der Waals surface area contributed by atoms with E-state index in [1.807, 2.05) is 0 Å². The number of aromatic nitrogens is 2. The molecule has 3 aromatic rings. The van der Waals surface area contributed by atoms with Gasteiger partial charge in [-0.15, -0.1) is 11.3 Å². The maximum absolute atomic E-state index is 12.4. The average molecular weight is 479 g/mol. The van der Waals surface area contributed by atoms with Crippen LogP contribution in [-0.2, 0) is 16.0 Å². The zero-order valence-corrected chi connectivity index (χ0v) is 18.9. The van der Waals surface area contributed by atoms with Gasteiger partial charge >= 0.3 is 6.03 Å². The topological polar surface area (TPSA) is 108 Å². The molecule has 3 heterocycles. The van der Waals surface area contributed by atoms with E-state index < -0.39 is 0 Å². The fraction of sp³-hybridized carbons (Fsp3) is 0.316. The number of fused-ring (bicyclic) bond motifs is 1. The molecule has 9 nitrogen and oxygen atoms in total. The van der Waals surface area contributed by atoms with Crippen LogP contribution in [0, 0.1) is 0 Å². The Kier molecular flexibility index (Phi) is 6.35. The van der Waals surface area contributed by atoms with E-state index in [9.17, 15) is 14.4 Å². The van der Waals surface area contributed by atoms with Gasteiger partial charge in [-0.1, -0.05) is 22.9 Å². The fourth-order valence-corrected chi connectivity index (χ4v) is 4.98. The Bertz CT molecular complexity index is 1140. The third-order valence-electron chi connectivity index (χ3n) is 4.72. The van der Waals surface area contributed by atoms with Crippen molar-refractivity contribution in [1.29, 1.82) is 0 Å². The number of carbonyl (C=O) groups excluding carboxylic acids is 3. The predicted octanol–water partition coefficient (Wildman–Crippen LogP) is 3.28. The highest BCUT2D eigenvalue weighted by Crippen LogP contribution is 2.28. The summed E-state index contributed by atoms with van der Waals surface area (Å²) in [6.07, 6.45) is 0.0698. The van der Waals surface area contributed by atoms with Crippen molar-refractivity contribution in [3.8, 4) is 0 Å². The molecule has 12 heteroatoms. The number of anilines is 2. The summed E-state index contributed by atoms with van der Waals surface area (Å²) in [6.45, 7) is 3.50. The highest BCUT2D eigenvalue weighted by molar-refractivity contribution is 7.22. The molecule has 1 fully saturated rings. The minimum atomic E-state index is -0.262. The van der Waals surface area contributed by atoms with Crippen LogP contribution in [0.2, 0.25) is 5.02 Å². The molecule has 4 rings (SSSR count). The van der Waals surface area contributed by atoms with Gasteiger partial charge in [0.25, 0.3) is 0 Å². The summed E-state index contributed by atoms with van der Waals surface area (Å²) < 4.78 is 0.894. The Labute approximate surface area is 191 Å². The number of halogens is 1. The zero-order valence-electron chi connectivity index (χ0n) is 16.6. The van der Waals surface area contributed by atoms with Gasteiger partial charge in [-0.05, 0) is 18.2 Å². The molecule has 2 N–H and O–H groups in total. The van der Waals surface area contributed by atoms with E-state index in [-0.39, 0.29) is 24.3 Å². The first kappa shape index (κ1) is 21.5. The number of hydrogen-bond acceptors (Lipinski definition) is 7. The first-order valence-corrected chi connectivity index (χ1v) is 11.6. The van der Waals surface area contributed by atoms with Gasteiger partial charge in [0, 0.05) is 43.5 Å². The Balaban J connectivity index is 1.29. The lowest BCUT2D eigenvalue weighted by Crippen LogP contribution is -2.51. The third kappa shape index (κ3) is 5.30. The van der Waals surface area contributed by atoms with Crippen molar-refractivity contribution >= 4 is 72.6 Å². The number of thiazole rings is 2. The van der Waals surface area contributed by atoms with Crippen molar-refractivity contribution in [2.45, 2.75) is 13.3 Å². The summed E-state index contributed by atoms with van der Waals surface area (Å²) in [6, 6.07) is 5.10. The number of carbonyl (C=O) groups is 3. The molecule has 1 aromatic carbocycles. The molecule has 0 spiro atoms. The monoisotopic (exact) mass is 478 g/mol. The molecule has 1 aliphatic heterocycles. The molecule has 0 saturated carbocycles. The molecule has 2 aromatic heterocycles. The molecule has 4 amide bonds. The molecule has 0 radical (unpaired) electrons. The number of nitrogens with zero attached hydrogens (tertiary/aromatic N) is 4. The second-order valence-corrected chi connectivity index (χ2v) is 9.25. The second-order valence-electron chi connectivity index (χ2n) is 6.92. The van der Waals surface area contributed by atoms with Crippen molar-refractivity contribution in [1.82, 2.24) is 19.8 Å². The minimum absolute atomic E-state index is 0.0116. The fourth-order valence-electron chi connectivity index (χ4n) is 3.12. The summed E-state index contributed by atoms with van der Waals surface area (Å²) >= 11 is 8.59.